The number of ether oxygens (including phenoxy) is 2. The van der Waals surface area contributed by atoms with E-state index in [1.165, 1.54) is 21.1 Å². The van der Waals surface area contributed by atoms with E-state index < -0.39 is 6.04 Å². The summed E-state index contributed by atoms with van der Waals surface area (Å²) in [5.74, 6) is 0.597. The fourth-order valence-electron chi connectivity index (χ4n) is 1.85. The molecule has 6 heteroatoms. The highest BCUT2D eigenvalue weighted by Gasteiger charge is 2.23. The van der Waals surface area contributed by atoms with E-state index in [0.717, 1.165) is 0 Å². The van der Waals surface area contributed by atoms with Gasteiger partial charge in [0, 0.05) is 30.8 Å². The first-order valence-electron chi connectivity index (χ1n) is 6.68. The SMILES string of the molecule is COc1cc(NC(=O)[C@@H](NC(C)=O)C(C)C)cc(OC)c1. The lowest BCUT2D eigenvalue weighted by Crippen LogP contribution is -2.46. The average Bonchev–Trinajstić information content (AvgIpc) is 2.43. The summed E-state index contributed by atoms with van der Waals surface area (Å²) >= 11 is 0. The zero-order chi connectivity index (χ0) is 16.0. The molecular formula is C15H22N2O4. The second-order valence-corrected chi connectivity index (χ2v) is 5.01. The fourth-order valence-corrected chi connectivity index (χ4v) is 1.85. The van der Waals surface area contributed by atoms with Gasteiger partial charge in [0.1, 0.15) is 17.5 Å². The van der Waals surface area contributed by atoms with Crippen LogP contribution in [0.4, 0.5) is 5.69 Å². The smallest absolute Gasteiger partial charge is 0.247 e. The molecule has 0 spiro atoms. The molecule has 2 N–H and O–H groups in total. The number of carbonyl (C=O) groups excluding carboxylic acids is 2. The minimum absolute atomic E-state index is 0.0265. The molecule has 0 fully saturated rings. The molecule has 0 bridgehead atoms. The molecule has 0 saturated heterocycles. The van der Waals surface area contributed by atoms with Gasteiger partial charge in [-0.2, -0.15) is 0 Å². The number of hydrogen-bond donors (Lipinski definition) is 2. The van der Waals surface area contributed by atoms with E-state index in [4.69, 9.17) is 9.47 Å². The van der Waals surface area contributed by atoms with Crippen molar-refractivity contribution in [3.63, 3.8) is 0 Å². The highest BCUT2D eigenvalue weighted by atomic mass is 16.5. The van der Waals surface area contributed by atoms with Crippen molar-refractivity contribution in [1.29, 1.82) is 0 Å². The topological polar surface area (TPSA) is 76.7 Å². The van der Waals surface area contributed by atoms with Crippen molar-refractivity contribution in [2.45, 2.75) is 26.8 Å². The molecule has 1 atom stereocenters. The van der Waals surface area contributed by atoms with E-state index in [1.807, 2.05) is 13.8 Å². The van der Waals surface area contributed by atoms with Crippen molar-refractivity contribution in [3.05, 3.63) is 18.2 Å². The lowest BCUT2D eigenvalue weighted by atomic mass is 10.0. The van der Waals surface area contributed by atoms with Crippen LogP contribution in [0.25, 0.3) is 0 Å². The molecule has 116 valence electrons. The molecule has 0 aliphatic heterocycles. The Labute approximate surface area is 124 Å². The highest BCUT2D eigenvalue weighted by Crippen LogP contribution is 2.26. The van der Waals surface area contributed by atoms with E-state index in [9.17, 15) is 9.59 Å². The van der Waals surface area contributed by atoms with Gasteiger partial charge in [-0.3, -0.25) is 9.59 Å². The van der Waals surface area contributed by atoms with Crippen LogP contribution in [0, 0.1) is 5.92 Å². The van der Waals surface area contributed by atoms with Crippen LogP contribution in [0.3, 0.4) is 0 Å². The number of carbonyl (C=O) groups is 2. The predicted octanol–water partition coefficient (Wildman–Crippen LogP) is 1.80. The molecule has 1 aromatic rings. The number of rotatable bonds is 6. The summed E-state index contributed by atoms with van der Waals surface area (Å²) in [6.45, 7) is 5.12. The molecule has 0 aliphatic carbocycles. The molecule has 2 amide bonds. The Morgan fingerprint density at radius 2 is 1.57 bits per heavy atom. The molecular weight excluding hydrogens is 272 g/mol. The number of nitrogens with one attached hydrogen (secondary N) is 2. The third kappa shape index (κ3) is 4.98. The maximum Gasteiger partial charge on any atom is 0.247 e. The Morgan fingerprint density at radius 3 is 1.95 bits per heavy atom. The van der Waals surface area contributed by atoms with Crippen molar-refractivity contribution < 1.29 is 19.1 Å². The van der Waals surface area contributed by atoms with Gasteiger partial charge in [-0.05, 0) is 5.92 Å². The van der Waals surface area contributed by atoms with Gasteiger partial charge < -0.3 is 20.1 Å². The average molecular weight is 294 g/mol. The Balaban J connectivity index is 2.92. The lowest BCUT2D eigenvalue weighted by Gasteiger charge is -2.21. The monoisotopic (exact) mass is 294 g/mol. The van der Waals surface area contributed by atoms with Crippen molar-refractivity contribution >= 4 is 17.5 Å². The molecule has 21 heavy (non-hydrogen) atoms. The van der Waals surface area contributed by atoms with Crippen LogP contribution in [0.5, 0.6) is 11.5 Å². The van der Waals surface area contributed by atoms with Gasteiger partial charge in [-0.25, -0.2) is 0 Å². The standard InChI is InChI=1S/C15H22N2O4/c1-9(2)14(16-10(3)18)15(19)17-11-6-12(20-4)8-13(7-11)21-5/h6-9,14H,1-5H3,(H,16,18)(H,17,19)/t14-/m0/s1. The lowest BCUT2D eigenvalue weighted by molar-refractivity contribution is -0.126. The summed E-state index contributed by atoms with van der Waals surface area (Å²) in [6.07, 6.45) is 0. The quantitative estimate of drug-likeness (QED) is 0.839. The zero-order valence-electron chi connectivity index (χ0n) is 13.0. The second kappa shape index (κ2) is 7.52. The van der Waals surface area contributed by atoms with Gasteiger partial charge in [0.25, 0.3) is 0 Å². The van der Waals surface area contributed by atoms with E-state index in [2.05, 4.69) is 10.6 Å². The minimum atomic E-state index is -0.598. The third-order valence-electron chi connectivity index (χ3n) is 2.93. The molecule has 0 aliphatic rings. The molecule has 6 nitrogen and oxygen atoms in total. The van der Waals surface area contributed by atoms with Crippen LogP contribution in [0.2, 0.25) is 0 Å². The van der Waals surface area contributed by atoms with Gasteiger partial charge >= 0.3 is 0 Å². The Hall–Kier alpha value is -2.24. The number of hydrogen-bond acceptors (Lipinski definition) is 4. The largest absolute Gasteiger partial charge is 0.497 e. The van der Waals surface area contributed by atoms with E-state index >= 15 is 0 Å². The molecule has 1 aromatic carbocycles. The van der Waals surface area contributed by atoms with Crippen molar-refractivity contribution in [1.82, 2.24) is 5.32 Å². The van der Waals surface area contributed by atoms with Crippen LogP contribution in [-0.2, 0) is 9.59 Å². The number of anilines is 1. The van der Waals surface area contributed by atoms with Crippen LogP contribution >= 0.6 is 0 Å². The van der Waals surface area contributed by atoms with Gasteiger partial charge in [0.2, 0.25) is 11.8 Å². The number of amides is 2. The Morgan fingerprint density at radius 1 is 1.05 bits per heavy atom. The van der Waals surface area contributed by atoms with Crippen LogP contribution in [0.15, 0.2) is 18.2 Å². The summed E-state index contributed by atoms with van der Waals surface area (Å²) in [5, 5.41) is 5.41. The van der Waals surface area contributed by atoms with Crippen LogP contribution < -0.4 is 20.1 Å². The predicted molar refractivity (Wildman–Crippen MR) is 80.6 cm³/mol. The van der Waals surface area contributed by atoms with Crippen molar-refractivity contribution in [2.75, 3.05) is 19.5 Å². The van der Waals surface area contributed by atoms with Crippen molar-refractivity contribution in [2.24, 2.45) is 5.92 Å². The molecule has 0 radical (unpaired) electrons. The van der Waals surface area contributed by atoms with E-state index in [1.54, 1.807) is 18.2 Å². The first kappa shape index (κ1) is 16.8. The van der Waals surface area contributed by atoms with Crippen LogP contribution in [0.1, 0.15) is 20.8 Å². The second-order valence-electron chi connectivity index (χ2n) is 5.01. The maximum atomic E-state index is 12.3. The summed E-state index contributed by atoms with van der Waals surface area (Å²) < 4.78 is 10.3. The molecule has 1 rings (SSSR count). The summed E-state index contributed by atoms with van der Waals surface area (Å²) in [7, 11) is 3.07. The zero-order valence-corrected chi connectivity index (χ0v) is 13.0. The molecule has 0 saturated carbocycles. The summed E-state index contributed by atoms with van der Waals surface area (Å²) in [4.78, 5) is 23.5. The third-order valence-corrected chi connectivity index (χ3v) is 2.93. The Kier molecular flexibility index (Phi) is 6.02. The fraction of sp³-hybridized carbons (Fsp3) is 0.467. The van der Waals surface area contributed by atoms with Gasteiger partial charge in [0.05, 0.1) is 14.2 Å². The van der Waals surface area contributed by atoms with Gasteiger partial charge in [-0.1, -0.05) is 13.8 Å². The molecule has 0 heterocycles. The normalized spacial score (nSPS) is 11.7. The maximum absolute atomic E-state index is 12.3. The van der Waals surface area contributed by atoms with Crippen molar-refractivity contribution in [3.8, 4) is 11.5 Å². The minimum Gasteiger partial charge on any atom is -0.497 e. The van der Waals surface area contributed by atoms with Crippen LogP contribution in [-0.4, -0.2) is 32.1 Å². The number of benzene rings is 1. The summed E-state index contributed by atoms with van der Waals surface area (Å²) in [5.41, 5.74) is 0.548. The first-order valence-corrected chi connectivity index (χ1v) is 6.68. The molecule has 0 aromatic heterocycles. The van der Waals surface area contributed by atoms with Gasteiger partial charge in [-0.15, -0.1) is 0 Å². The van der Waals surface area contributed by atoms with E-state index in [0.29, 0.717) is 17.2 Å². The first-order chi connectivity index (χ1) is 9.87. The van der Waals surface area contributed by atoms with E-state index in [-0.39, 0.29) is 17.7 Å². The Bertz CT molecular complexity index is 492. The number of methoxy groups -OCH3 is 2. The van der Waals surface area contributed by atoms with Gasteiger partial charge in [0.15, 0.2) is 0 Å². The summed E-state index contributed by atoms with van der Waals surface area (Å²) in [6, 6.07) is 4.49. The highest BCUT2D eigenvalue weighted by molar-refractivity contribution is 5.97. The molecule has 0 unspecified atom stereocenters.